The van der Waals surface area contributed by atoms with Crippen molar-refractivity contribution in [3.8, 4) is 22.5 Å². The summed E-state index contributed by atoms with van der Waals surface area (Å²) < 4.78 is 4.76. The lowest BCUT2D eigenvalue weighted by Crippen LogP contribution is -1.97. The standard InChI is InChI=1S/C37H26N2/c1-2-10-30-31-11-4-7-15-35(31)38(34(30)14-3-1)28-22-18-26(19-23-28)27-20-24-29(25-21-27)39-36-16-8-5-12-32(36)33-13-6-9-17-37(33)39/h1-9,11-25H,10H2. The van der Waals surface area contributed by atoms with Gasteiger partial charge in [0, 0.05) is 27.5 Å². The summed E-state index contributed by atoms with van der Waals surface area (Å²) in [5.41, 5.74) is 11.2. The highest BCUT2D eigenvalue weighted by atomic mass is 15.0. The van der Waals surface area contributed by atoms with Crippen LogP contribution in [-0.2, 0) is 6.42 Å². The van der Waals surface area contributed by atoms with Crippen LogP contribution in [0.15, 0.2) is 140 Å². The van der Waals surface area contributed by atoms with Crippen molar-refractivity contribution in [2.75, 3.05) is 0 Å². The molecule has 2 heteroatoms. The summed E-state index contributed by atoms with van der Waals surface area (Å²) in [5, 5.41) is 3.90. The van der Waals surface area contributed by atoms with Gasteiger partial charge < -0.3 is 9.13 Å². The first kappa shape index (κ1) is 22.0. The maximum atomic E-state index is 2.39. The average molecular weight is 499 g/mol. The van der Waals surface area contributed by atoms with Crippen LogP contribution in [0.25, 0.3) is 61.3 Å². The van der Waals surface area contributed by atoms with Gasteiger partial charge >= 0.3 is 0 Å². The molecule has 0 amide bonds. The van der Waals surface area contributed by atoms with Gasteiger partial charge in [0.1, 0.15) is 0 Å². The van der Waals surface area contributed by atoms with E-state index in [1.165, 1.54) is 66.5 Å². The lowest BCUT2D eigenvalue weighted by molar-refractivity contribution is 1.09. The second-order valence-corrected chi connectivity index (χ2v) is 10.2. The van der Waals surface area contributed by atoms with Gasteiger partial charge in [-0.15, -0.1) is 0 Å². The zero-order chi connectivity index (χ0) is 25.8. The van der Waals surface area contributed by atoms with Gasteiger partial charge in [0.15, 0.2) is 0 Å². The van der Waals surface area contributed by atoms with Crippen molar-refractivity contribution >= 4 is 38.8 Å². The van der Waals surface area contributed by atoms with Crippen LogP contribution in [0.5, 0.6) is 0 Å². The highest BCUT2D eigenvalue weighted by molar-refractivity contribution is 6.09. The molecule has 2 heterocycles. The molecule has 7 aromatic rings. The Morgan fingerprint density at radius 2 is 0.923 bits per heavy atom. The normalized spacial score (nSPS) is 12.8. The first-order chi connectivity index (χ1) is 19.4. The predicted octanol–water partition coefficient (Wildman–Crippen LogP) is 9.52. The van der Waals surface area contributed by atoms with Crippen LogP contribution in [0, 0.1) is 0 Å². The van der Waals surface area contributed by atoms with E-state index in [0.29, 0.717) is 0 Å². The minimum absolute atomic E-state index is 0.951. The first-order valence-corrected chi connectivity index (χ1v) is 13.5. The minimum atomic E-state index is 0.951. The Morgan fingerprint density at radius 1 is 0.436 bits per heavy atom. The number of hydrogen-bond acceptors (Lipinski definition) is 0. The Kier molecular flexibility index (Phi) is 4.92. The molecule has 0 saturated carbocycles. The highest BCUT2D eigenvalue weighted by Crippen LogP contribution is 2.34. The Hall–Kier alpha value is -5.08. The molecule has 0 aliphatic heterocycles. The van der Waals surface area contributed by atoms with E-state index in [9.17, 15) is 0 Å². The molecule has 0 N–H and O–H groups in total. The molecule has 0 spiro atoms. The minimum Gasteiger partial charge on any atom is -0.310 e. The third-order valence-electron chi connectivity index (χ3n) is 8.01. The third kappa shape index (κ3) is 3.42. The van der Waals surface area contributed by atoms with E-state index >= 15 is 0 Å². The highest BCUT2D eigenvalue weighted by Gasteiger charge is 2.16. The largest absolute Gasteiger partial charge is 0.310 e. The topological polar surface area (TPSA) is 9.86 Å². The fourth-order valence-corrected chi connectivity index (χ4v) is 6.21. The Balaban J connectivity index is 1.18. The number of hydrogen-bond donors (Lipinski definition) is 0. The Bertz CT molecular complexity index is 2010. The van der Waals surface area contributed by atoms with Gasteiger partial charge in [-0.25, -0.2) is 0 Å². The molecule has 2 nitrogen and oxygen atoms in total. The van der Waals surface area contributed by atoms with Crippen LogP contribution in [0.3, 0.4) is 0 Å². The van der Waals surface area contributed by atoms with E-state index in [1.807, 2.05) is 0 Å². The molecular weight excluding hydrogens is 472 g/mol. The molecule has 1 aliphatic carbocycles. The van der Waals surface area contributed by atoms with E-state index < -0.39 is 0 Å². The lowest BCUT2D eigenvalue weighted by atomic mass is 10.0. The summed E-state index contributed by atoms with van der Waals surface area (Å²) in [4.78, 5) is 0. The molecule has 0 fully saturated rings. The van der Waals surface area contributed by atoms with Crippen LogP contribution >= 0.6 is 0 Å². The zero-order valence-corrected chi connectivity index (χ0v) is 21.5. The molecule has 0 atom stereocenters. The summed E-state index contributed by atoms with van der Waals surface area (Å²) in [7, 11) is 0. The van der Waals surface area contributed by atoms with E-state index in [1.54, 1.807) is 0 Å². The summed E-state index contributed by atoms with van der Waals surface area (Å²) in [6, 6.07) is 44.0. The fraction of sp³-hybridized carbons (Fsp3) is 0.0270. The third-order valence-corrected chi connectivity index (χ3v) is 8.01. The molecule has 1 aliphatic rings. The number of rotatable bonds is 3. The molecule has 0 saturated heterocycles. The summed E-state index contributed by atoms with van der Waals surface area (Å²) in [5.74, 6) is 0. The molecule has 0 unspecified atom stereocenters. The van der Waals surface area contributed by atoms with Crippen molar-refractivity contribution in [3.05, 3.63) is 151 Å². The van der Waals surface area contributed by atoms with Crippen LogP contribution in [0.1, 0.15) is 11.3 Å². The lowest BCUT2D eigenvalue weighted by Gasteiger charge is -2.12. The molecule has 2 aromatic heterocycles. The molecule has 39 heavy (non-hydrogen) atoms. The number of para-hydroxylation sites is 3. The Morgan fingerprint density at radius 3 is 1.51 bits per heavy atom. The molecule has 184 valence electrons. The smallest absolute Gasteiger partial charge is 0.0541 e. The monoisotopic (exact) mass is 498 g/mol. The second-order valence-electron chi connectivity index (χ2n) is 10.2. The van der Waals surface area contributed by atoms with Gasteiger partial charge in [0.2, 0.25) is 0 Å². The maximum absolute atomic E-state index is 2.39. The van der Waals surface area contributed by atoms with Gasteiger partial charge in [-0.2, -0.15) is 0 Å². The van der Waals surface area contributed by atoms with Gasteiger partial charge in [-0.1, -0.05) is 97.1 Å². The van der Waals surface area contributed by atoms with Crippen molar-refractivity contribution in [3.63, 3.8) is 0 Å². The van der Waals surface area contributed by atoms with Crippen LogP contribution in [0.2, 0.25) is 0 Å². The first-order valence-electron chi connectivity index (χ1n) is 13.5. The van der Waals surface area contributed by atoms with E-state index in [2.05, 4.69) is 155 Å². The number of aromatic nitrogens is 2. The van der Waals surface area contributed by atoms with E-state index in [-0.39, 0.29) is 0 Å². The maximum Gasteiger partial charge on any atom is 0.0541 e. The quantitative estimate of drug-likeness (QED) is 0.230. The Labute approximate surface area is 227 Å². The van der Waals surface area contributed by atoms with Gasteiger partial charge in [-0.05, 0) is 71.7 Å². The zero-order valence-electron chi connectivity index (χ0n) is 21.5. The number of fused-ring (bicyclic) bond motifs is 6. The molecule has 0 radical (unpaired) electrons. The van der Waals surface area contributed by atoms with Gasteiger partial charge in [0.05, 0.1) is 22.2 Å². The van der Waals surface area contributed by atoms with Crippen molar-refractivity contribution in [1.82, 2.24) is 9.13 Å². The fourth-order valence-electron chi connectivity index (χ4n) is 6.21. The summed E-state index contributed by atoms with van der Waals surface area (Å²) in [6.07, 6.45) is 9.72. The number of benzene rings is 5. The van der Waals surface area contributed by atoms with Gasteiger partial charge in [0.25, 0.3) is 0 Å². The van der Waals surface area contributed by atoms with Crippen LogP contribution in [0.4, 0.5) is 0 Å². The van der Waals surface area contributed by atoms with Crippen molar-refractivity contribution in [2.24, 2.45) is 0 Å². The van der Waals surface area contributed by atoms with Crippen molar-refractivity contribution in [1.29, 1.82) is 0 Å². The second kappa shape index (κ2) is 8.75. The van der Waals surface area contributed by atoms with Crippen molar-refractivity contribution in [2.45, 2.75) is 6.42 Å². The predicted molar refractivity (Wildman–Crippen MR) is 165 cm³/mol. The van der Waals surface area contributed by atoms with Crippen molar-refractivity contribution < 1.29 is 0 Å². The number of nitrogens with zero attached hydrogens (tertiary/aromatic N) is 2. The molecule has 5 aromatic carbocycles. The molecule has 0 bridgehead atoms. The molecule has 8 rings (SSSR count). The van der Waals surface area contributed by atoms with Gasteiger partial charge in [-0.3, -0.25) is 0 Å². The van der Waals surface area contributed by atoms with E-state index in [0.717, 1.165) is 6.42 Å². The summed E-state index contributed by atoms with van der Waals surface area (Å²) in [6.45, 7) is 0. The van der Waals surface area contributed by atoms with E-state index in [4.69, 9.17) is 0 Å². The SMILES string of the molecule is C1=CCc2c(n(-c3ccc(-c4ccc(-n5c6ccccc6c6ccccc65)cc4)cc3)c3ccccc23)C=C1. The average Bonchev–Trinajstić information content (AvgIpc) is 3.38. The van der Waals surface area contributed by atoms with Crippen LogP contribution < -0.4 is 0 Å². The number of allylic oxidation sites excluding steroid dienone is 3. The molecular formula is C37H26N2. The summed E-state index contributed by atoms with van der Waals surface area (Å²) >= 11 is 0. The van der Waals surface area contributed by atoms with Crippen LogP contribution in [-0.4, -0.2) is 9.13 Å².